The maximum Gasteiger partial charge on any atom is 0.0811 e. The second-order valence-electron chi connectivity index (χ2n) is 5.84. The first-order valence-electron chi connectivity index (χ1n) is 7.26. The van der Waals surface area contributed by atoms with E-state index in [-0.39, 0.29) is 23.0 Å². The Bertz CT molecular complexity index is 241. The molecule has 0 radical (unpaired) electrons. The van der Waals surface area contributed by atoms with Crippen LogP contribution >= 0.6 is 0 Å². The maximum absolute atomic E-state index is 9.89. The predicted octanol–water partition coefficient (Wildman–Crippen LogP) is 3.77. The molecule has 0 spiro atoms. The predicted molar refractivity (Wildman–Crippen MR) is 72.1 cm³/mol. The van der Waals surface area contributed by atoms with Gasteiger partial charge < -0.3 is 9.84 Å². The zero-order valence-corrected chi connectivity index (χ0v) is 12.3. The summed E-state index contributed by atoms with van der Waals surface area (Å²) in [6.45, 7) is 12.2. The van der Waals surface area contributed by atoms with Gasteiger partial charge in [-0.15, -0.1) is 0 Å². The molecule has 2 heteroatoms. The molecule has 2 nitrogen and oxygen atoms in total. The van der Waals surface area contributed by atoms with Crippen LogP contribution < -0.4 is 0 Å². The Hall–Kier alpha value is -0.0800. The highest BCUT2D eigenvalue weighted by molar-refractivity contribution is 5.10. The molecule has 1 heterocycles. The summed E-state index contributed by atoms with van der Waals surface area (Å²) in [5, 5.41) is 9.89. The molecule has 0 bridgehead atoms. The normalized spacial score (nSPS) is 31.4. The second kappa shape index (κ2) is 5.27. The van der Waals surface area contributed by atoms with E-state index in [1.165, 1.54) is 0 Å². The van der Waals surface area contributed by atoms with Crippen LogP contribution in [0.15, 0.2) is 0 Å². The Morgan fingerprint density at radius 3 is 2.06 bits per heavy atom. The number of hydrogen-bond acceptors (Lipinski definition) is 2. The third-order valence-corrected chi connectivity index (χ3v) is 5.74. The Kier molecular flexibility index (Phi) is 4.65. The van der Waals surface area contributed by atoms with Crippen LogP contribution in [-0.2, 0) is 4.74 Å². The summed E-state index contributed by atoms with van der Waals surface area (Å²) in [5.74, 6) is 0. The van der Waals surface area contributed by atoms with E-state index in [1.54, 1.807) is 0 Å². The lowest BCUT2D eigenvalue weighted by molar-refractivity contribution is -0.173. The number of aliphatic hydroxyl groups is 1. The van der Waals surface area contributed by atoms with E-state index in [0.717, 1.165) is 38.7 Å². The molecule has 0 aliphatic carbocycles. The van der Waals surface area contributed by atoms with Gasteiger partial charge in [0.25, 0.3) is 0 Å². The number of hydrogen-bond donors (Lipinski definition) is 1. The fourth-order valence-corrected chi connectivity index (χ4v) is 4.19. The minimum atomic E-state index is -0.146. The number of rotatable bonds is 6. The van der Waals surface area contributed by atoms with E-state index in [0.29, 0.717) is 0 Å². The molecular weight excluding hydrogens is 212 g/mol. The third-order valence-electron chi connectivity index (χ3n) is 5.74. The molecule has 0 saturated carbocycles. The van der Waals surface area contributed by atoms with E-state index >= 15 is 0 Å². The molecule has 1 rings (SSSR count). The lowest BCUT2D eigenvalue weighted by atomic mass is 9.55. The van der Waals surface area contributed by atoms with Crippen molar-refractivity contribution in [3.8, 4) is 0 Å². The molecule has 0 aromatic carbocycles. The van der Waals surface area contributed by atoms with Crippen LogP contribution in [0.5, 0.6) is 0 Å². The van der Waals surface area contributed by atoms with E-state index in [2.05, 4.69) is 34.6 Å². The SMILES string of the molecule is CCC(C)(CO)C1(CC)OCCC1(CC)CC. The summed E-state index contributed by atoms with van der Waals surface area (Å²) >= 11 is 0. The first-order valence-corrected chi connectivity index (χ1v) is 7.26. The van der Waals surface area contributed by atoms with Crippen molar-refractivity contribution >= 4 is 0 Å². The molecular formula is C15H30O2. The van der Waals surface area contributed by atoms with Gasteiger partial charge in [-0.1, -0.05) is 34.6 Å². The van der Waals surface area contributed by atoms with Crippen LogP contribution in [0.3, 0.4) is 0 Å². The summed E-state index contributed by atoms with van der Waals surface area (Å²) < 4.78 is 6.27. The standard InChI is InChI=1S/C15H30O2/c1-6-13(5,12-16)15(9-4)14(7-2,8-3)10-11-17-15/h16H,6-12H2,1-5H3. The van der Waals surface area contributed by atoms with Gasteiger partial charge in [0.05, 0.1) is 12.2 Å². The monoisotopic (exact) mass is 242 g/mol. The minimum absolute atomic E-state index is 0.121. The van der Waals surface area contributed by atoms with E-state index in [9.17, 15) is 5.11 Å². The number of aliphatic hydroxyl groups excluding tert-OH is 1. The zero-order valence-electron chi connectivity index (χ0n) is 12.3. The molecule has 1 N–H and O–H groups in total. The van der Waals surface area contributed by atoms with E-state index in [4.69, 9.17) is 4.74 Å². The van der Waals surface area contributed by atoms with Crippen LogP contribution in [-0.4, -0.2) is 23.9 Å². The van der Waals surface area contributed by atoms with Gasteiger partial charge in [0.1, 0.15) is 0 Å². The fraction of sp³-hybridized carbons (Fsp3) is 1.00. The van der Waals surface area contributed by atoms with Crippen LogP contribution in [0.1, 0.15) is 66.7 Å². The van der Waals surface area contributed by atoms with Crippen LogP contribution in [0.25, 0.3) is 0 Å². The van der Waals surface area contributed by atoms with Crippen LogP contribution in [0, 0.1) is 10.8 Å². The molecule has 0 amide bonds. The lowest BCUT2D eigenvalue weighted by Crippen LogP contribution is -2.57. The highest BCUT2D eigenvalue weighted by atomic mass is 16.5. The van der Waals surface area contributed by atoms with Gasteiger partial charge in [-0.2, -0.15) is 0 Å². The van der Waals surface area contributed by atoms with E-state index in [1.807, 2.05) is 0 Å². The second-order valence-corrected chi connectivity index (χ2v) is 5.84. The molecule has 1 aliphatic heterocycles. The molecule has 2 unspecified atom stereocenters. The Balaban J connectivity index is 3.26. The first kappa shape index (κ1) is 15.0. The molecule has 0 aromatic heterocycles. The summed E-state index contributed by atoms with van der Waals surface area (Å²) in [6, 6.07) is 0. The van der Waals surface area contributed by atoms with Crippen LogP contribution in [0.2, 0.25) is 0 Å². The van der Waals surface area contributed by atoms with Gasteiger partial charge in [0.15, 0.2) is 0 Å². The van der Waals surface area contributed by atoms with Gasteiger partial charge in [-0.05, 0) is 32.1 Å². The summed E-state index contributed by atoms with van der Waals surface area (Å²) in [7, 11) is 0. The smallest absolute Gasteiger partial charge is 0.0811 e. The molecule has 1 aliphatic rings. The fourth-order valence-electron chi connectivity index (χ4n) is 4.19. The van der Waals surface area contributed by atoms with Gasteiger partial charge in [-0.25, -0.2) is 0 Å². The Labute approximate surface area is 107 Å². The molecule has 1 fully saturated rings. The zero-order chi connectivity index (χ0) is 13.2. The molecule has 102 valence electrons. The van der Waals surface area contributed by atoms with Crippen molar-refractivity contribution in [2.24, 2.45) is 10.8 Å². The topological polar surface area (TPSA) is 29.5 Å². The Morgan fingerprint density at radius 2 is 1.71 bits per heavy atom. The van der Waals surface area contributed by atoms with Crippen molar-refractivity contribution < 1.29 is 9.84 Å². The highest BCUT2D eigenvalue weighted by Gasteiger charge is 2.61. The third kappa shape index (κ3) is 1.84. The summed E-state index contributed by atoms with van der Waals surface area (Å²) in [4.78, 5) is 0. The van der Waals surface area contributed by atoms with Crippen molar-refractivity contribution in [2.45, 2.75) is 72.3 Å². The van der Waals surface area contributed by atoms with Gasteiger partial charge >= 0.3 is 0 Å². The average molecular weight is 242 g/mol. The van der Waals surface area contributed by atoms with Crippen molar-refractivity contribution in [1.82, 2.24) is 0 Å². The molecule has 1 saturated heterocycles. The van der Waals surface area contributed by atoms with Gasteiger partial charge in [0, 0.05) is 17.4 Å². The largest absolute Gasteiger partial charge is 0.396 e. The van der Waals surface area contributed by atoms with Crippen LogP contribution in [0.4, 0.5) is 0 Å². The van der Waals surface area contributed by atoms with Crippen molar-refractivity contribution in [3.05, 3.63) is 0 Å². The maximum atomic E-state index is 9.89. The van der Waals surface area contributed by atoms with Gasteiger partial charge in [0.2, 0.25) is 0 Å². The molecule has 17 heavy (non-hydrogen) atoms. The number of ether oxygens (including phenoxy) is 1. The summed E-state index contributed by atoms with van der Waals surface area (Å²) in [6.07, 6.45) is 5.40. The van der Waals surface area contributed by atoms with Crippen molar-refractivity contribution in [2.75, 3.05) is 13.2 Å². The molecule has 2 atom stereocenters. The lowest BCUT2D eigenvalue weighted by Gasteiger charge is -2.54. The first-order chi connectivity index (χ1) is 8.01. The summed E-state index contributed by atoms with van der Waals surface area (Å²) in [5.41, 5.74) is -0.0213. The minimum Gasteiger partial charge on any atom is -0.396 e. The highest BCUT2D eigenvalue weighted by Crippen LogP contribution is 2.59. The average Bonchev–Trinajstić information content (AvgIpc) is 2.78. The molecule has 0 aromatic rings. The Morgan fingerprint density at radius 1 is 1.12 bits per heavy atom. The van der Waals surface area contributed by atoms with E-state index < -0.39 is 0 Å². The van der Waals surface area contributed by atoms with Crippen molar-refractivity contribution in [3.63, 3.8) is 0 Å². The van der Waals surface area contributed by atoms with Crippen molar-refractivity contribution in [1.29, 1.82) is 0 Å². The quantitative estimate of drug-likeness (QED) is 0.768. The van der Waals surface area contributed by atoms with Gasteiger partial charge in [-0.3, -0.25) is 0 Å².